The molecule has 0 saturated heterocycles. The summed E-state index contributed by atoms with van der Waals surface area (Å²) in [6.07, 6.45) is 0. The lowest BCUT2D eigenvalue weighted by atomic mass is 9.82. The van der Waals surface area contributed by atoms with Crippen LogP contribution in [0.15, 0.2) is 78.9 Å². The Bertz CT molecular complexity index is 1350. The molecule has 0 spiro atoms. The zero-order valence-corrected chi connectivity index (χ0v) is 22.1. The number of aromatic nitrogens is 2. The van der Waals surface area contributed by atoms with Crippen molar-refractivity contribution >= 4 is 34.4 Å². The van der Waals surface area contributed by atoms with Gasteiger partial charge in [-0.15, -0.1) is 0 Å². The topological polar surface area (TPSA) is 113 Å². The van der Waals surface area contributed by atoms with Crippen LogP contribution in [0.5, 0.6) is 5.75 Å². The van der Waals surface area contributed by atoms with E-state index in [1.54, 1.807) is 30.1 Å². The number of phenolic OH excluding ortho intramolecular Hbond substituents is 1. The molecule has 0 fully saturated rings. The number of benzene rings is 3. The average Bonchev–Trinajstić information content (AvgIpc) is 3.22. The number of anilines is 3. The Morgan fingerprint density at radius 1 is 0.973 bits per heavy atom. The first-order valence-electron chi connectivity index (χ1n) is 11.9. The third-order valence-electron chi connectivity index (χ3n) is 5.97. The van der Waals surface area contributed by atoms with Crippen molar-refractivity contribution in [3.8, 4) is 5.75 Å². The van der Waals surface area contributed by atoms with E-state index in [-0.39, 0.29) is 40.2 Å². The summed E-state index contributed by atoms with van der Waals surface area (Å²) in [5.74, 6) is -0.00565. The number of nitrogens with one attached hydrogen (secondary N) is 2. The Hall–Kier alpha value is -3.95. The van der Waals surface area contributed by atoms with Crippen LogP contribution in [0.1, 0.15) is 48.3 Å². The van der Waals surface area contributed by atoms with Gasteiger partial charge in [0.25, 0.3) is 5.91 Å². The van der Waals surface area contributed by atoms with E-state index in [2.05, 4.69) is 40.2 Å². The molecule has 0 bridgehead atoms. The summed E-state index contributed by atoms with van der Waals surface area (Å²) in [6, 6.07) is 24.3. The van der Waals surface area contributed by atoms with Gasteiger partial charge in [-0.05, 0) is 28.7 Å². The second-order valence-electron chi connectivity index (χ2n) is 9.94. The molecule has 0 aliphatic heterocycles. The predicted octanol–water partition coefficient (Wildman–Crippen LogP) is 6.12. The van der Waals surface area contributed by atoms with Crippen molar-refractivity contribution in [2.24, 2.45) is 5.41 Å². The van der Waals surface area contributed by atoms with Crippen molar-refractivity contribution in [1.82, 2.24) is 13.6 Å². The number of carbonyl (C=O) groups excluding carboxylic acids is 1. The minimum Gasteiger partial charge on any atom is -0.546 e. The molecule has 1 heterocycles. The van der Waals surface area contributed by atoms with Gasteiger partial charge < -0.3 is 25.2 Å². The summed E-state index contributed by atoms with van der Waals surface area (Å²) < 4.78 is 20.5. The third kappa shape index (κ3) is 6.25. The van der Waals surface area contributed by atoms with Crippen LogP contribution in [0.25, 0.3) is 0 Å². The highest BCUT2D eigenvalue weighted by molar-refractivity contribution is 7.14. The molecule has 8 nitrogen and oxygen atoms in total. The minimum absolute atomic E-state index is 0.145. The SMILES string of the molecule is CN(Cc1ccccc1)C(=O)c1cccc(Nc2n[s+]([O-])nc2N[C@@H](c2ccccc2)C(C)(C)C)c1O. The minimum atomic E-state index is -1.81. The van der Waals surface area contributed by atoms with Gasteiger partial charge in [0.05, 0.1) is 17.3 Å². The monoisotopic (exact) mass is 517 g/mol. The highest BCUT2D eigenvalue weighted by atomic mass is 32.2. The molecule has 9 heteroatoms. The Morgan fingerprint density at radius 2 is 1.59 bits per heavy atom. The van der Waals surface area contributed by atoms with Gasteiger partial charge in [-0.25, -0.2) is 0 Å². The van der Waals surface area contributed by atoms with Crippen molar-refractivity contribution in [1.29, 1.82) is 0 Å². The maximum absolute atomic E-state index is 13.1. The Balaban J connectivity index is 1.58. The van der Waals surface area contributed by atoms with E-state index in [9.17, 15) is 14.5 Å². The van der Waals surface area contributed by atoms with Gasteiger partial charge >= 0.3 is 0 Å². The normalized spacial score (nSPS) is 12.6. The lowest BCUT2D eigenvalue weighted by Gasteiger charge is -2.31. The number of hydrogen-bond donors (Lipinski definition) is 3. The lowest BCUT2D eigenvalue weighted by molar-refractivity contribution is 0.0782. The number of amides is 1. The smallest absolute Gasteiger partial charge is 0.257 e. The largest absolute Gasteiger partial charge is 0.546 e. The van der Waals surface area contributed by atoms with Gasteiger partial charge in [0.2, 0.25) is 11.6 Å². The number of nitrogens with zero attached hydrogens (tertiary/aromatic N) is 3. The second kappa shape index (κ2) is 11.0. The fourth-order valence-corrected chi connectivity index (χ4v) is 4.73. The fraction of sp³-hybridized carbons (Fsp3) is 0.250. The number of aromatic hydroxyl groups is 1. The molecule has 3 N–H and O–H groups in total. The number of para-hydroxylation sites is 1. The van der Waals surface area contributed by atoms with E-state index < -0.39 is 11.1 Å². The van der Waals surface area contributed by atoms with Gasteiger partial charge in [-0.1, -0.05) is 87.5 Å². The third-order valence-corrected chi connectivity index (χ3v) is 6.65. The van der Waals surface area contributed by atoms with Gasteiger partial charge in [-0.3, -0.25) is 4.79 Å². The van der Waals surface area contributed by atoms with Gasteiger partial charge in [0.1, 0.15) is 0 Å². The van der Waals surface area contributed by atoms with E-state index >= 15 is 0 Å². The first-order valence-corrected chi connectivity index (χ1v) is 13.0. The van der Waals surface area contributed by atoms with Crippen LogP contribution >= 0.6 is 11.1 Å². The number of carbonyl (C=O) groups is 1. The van der Waals surface area contributed by atoms with Crippen LogP contribution in [0.4, 0.5) is 17.3 Å². The molecule has 1 aromatic heterocycles. The van der Waals surface area contributed by atoms with Crippen molar-refractivity contribution in [3.63, 3.8) is 0 Å². The van der Waals surface area contributed by atoms with Crippen LogP contribution < -0.4 is 10.6 Å². The molecule has 1 unspecified atom stereocenters. The highest BCUT2D eigenvalue weighted by Crippen LogP contribution is 2.39. The lowest BCUT2D eigenvalue weighted by Crippen LogP contribution is -2.26. The Labute approximate surface area is 220 Å². The standard InChI is InChI=1S/C28H31N5O3S/c1-28(2,3)24(20-14-9-6-10-15-20)30-26-25(31-37(36)32-26)29-22-17-11-16-21(23(22)34)27(35)33(4)18-19-12-7-5-8-13-19/h5-17,24,34H,18H2,1-4H3,(H,29,31)(H,30,32)/t24-,37?/m0/s1. The van der Waals surface area contributed by atoms with Gasteiger partial charge in [0.15, 0.2) is 16.9 Å². The summed E-state index contributed by atoms with van der Waals surface area (Å²) >= 11 is -1.81. The predicted molar refractivity (Wildman–Crippen MR) is 147 cm³/mol. The quantitative estimate of drug-likeness (QED) is 0.190. The molecule has 3 aromatic carbocycles. The summed E-state index contributed by atoms with van der Waals surface area (Å²) in [7, 11) is 1.68. The van der Waals surface area contributed by atoms with Crippen molar-refractivity contribution < 1.29 is 14.5 Å². The number of hydrogen-bond acceptors (Lipinski definition) is 7. The number of phenols is 1. The van der Waals surface area contributed by atoms with Crippen LogP contribution in [-0.4, -0.2) is 36.3 Å². The molecule has 4 aromatic rings. The molecular formula is C28H31N5O3S. The van der Waals surface area contributed by atoms with E-state index in [1.807, 2.05) is 60.7 Å². The molecule has 192 valence electrons. The summed E-state index contributed by atoms with van der Waals surface area (Å²) in [6.45, 7) is 6.70. The fourth-order valence-electron chi connectivity index (χ4n) is 4.10. The first-order chi connectivity index (χ1) is 17.6. The second-order valence-corrected chi connectivity index (χ2v) is 10.8. The summed E-state index contributed by atoms with van der Waals surface area (Å²) in [5.41, 5.74) is 2.24. The first kappa shape index (κ1) is 26.1. The van der Waals surface area contributed by atoms with E-state index in [1.165, 1.54) is 0 Å². The highest BCUT2D eigenvalue weighted by Gasteiger charge is 2.30. The Kier molecular flexibility index (Phi) is 7.75. The van der Waals surface area contributed by atoms with E-state index in [4.69, 9.17) is 0 Å². The zero-order chi connectivity index (χ0) is 26.6. The maximum atomic E-state index is 13.1. The van der Waals surface area contributed by atoms with Gasteiger partial charge in [-0.2, -0.15) is 0 Å². The van der Waals surface area contributed by atoms with Crippen molar-refractivity contribution in [3.05, 3.63) is 95.6 Å². The molecule has 1 amide bonds. The summed E-state index contributed by atoms with van der Waals surface area (Å²) in [4.78, 5) is 14.7. The molecule has 0 radical (unpaired) electrons. The molecule has 0 aliphatic rings. The number of rotatable bonds is 8. The van der Waals surface area contributed by atoms with Crippen molar-refractivity contribution in [2.45, 2.75) is 33.4 Å². The maximum Gasteiger partial charge on any atom is 0.257 e. The Morgan fingerprint density at radius 3 is 2.24 bits per heavy atom. The molecular weight excluding hydrogens is 486 g/mol. The van der Waals surface area contributed by atoms with E-state index in [0.717, 1.165) is 11.1 Å². The molecule has 0 saturated carbocycles. The van der Waals surface area contributed by atoms with Crippen LogP contribution in [0.3, 0.4) is 0 Å². The molecule has 2 atom stereocenters. The molecule has 0 aliphatic carbocycles. The van der Waals surface area contributed by atoms with Crippen LogP contribution in [0.2, 0.25) is 0 Å². The van der Waals surface area contributed by atoms with Crippen LogP contribution in [0, 0.1) is 5.41 Å². The van der Waals surface area contributed by atoms with Crippen molar-refractivity contribution in [2.75, 3.05) is 17.7 Å². The summed E-state index contributed by atoms with van der Waals surface area (Å²) in [5, 5.41) is 17.4. The molecule has 4 rings (SSSR count). The molecule has 37 heavy (non-hydrogen) atoms. The average molecular weight is 518 g/mol. The van der Waals surface area contributed by atoms with E-state index in [0.29, 0.717) is 12.4 Å². The zero-order valence-electron chi connectivity index (χ0n) is 21.3. The van der Waals surface area contributed by atoms with Crippen LogP contribution in [-0.2, 0) is 6.54 Å². The van der Waals surface area contributed by atoms with Gasteiger partial charge in [0, 0.05) is 22.3 Å².